The normalized spacial score (nSPS) is 15.2. The molecule has 8 nitrogen and oxygen atoms in total. The molecule has 1 saturated heterocycles. The van der Waals surface area contributed by atoms with E-state index in [1.807, 2.05) is 45.9 Å². The number of nitrogens with zero attached hydrogens (tertiary/aromatic N) is 3. The molecule has 1 aliphatic rings. The molecular weight excluding hydrogens is 640 g/mol. The third kappa shape index (κ3) is 9.14. The van der Waals surface area contributed by atoms with Crippen LogP contribution in [0.1, 0.15) is 79.2 Å². The standard InChI is InChI=1S/C37H46F4N4O4/c1-8-49-32(46)18-30(29-17-26(15-24(6)34(29)38)33-22(4)10-9-11-23(33)5)42-35(47)31(14-21(2)3)45-36(48)25(7)16-28(43-45)12-13-44-19-27(20-44)37(39,40)41/h9-11,15-17,21,27,30-31H,8,12-14,18-20H2,1-7H3,(H,42,47)/t30-,31-/m0/s1. The van der Waals surface area contributed by atoms with E-state index in [0.717, 1.165) is 26.9 Å². The molecule has 266 valence electrons. The quantitative estimate of drug-likeness (QED) is 0.159. The second kappa shape index (κ2) is 15.7. The summed E-state index contributed by atoms with van der Waals surface area (Å²) >= 11 is 0. The highest BCUT2D eigenvalue weighted by atomic mass is 19.4. The molecule has 0 spiro atoms. The summed E-state index contributed by atoms with van der Waals surface area (Å²) in [5, 5.41) is 7.37. The van der Waals surface area contributed by atoms with Crippen molar-refractivity contribution in [3.63, 3.8) is 0 Å². The molecule has 1 amide bonds. The number of hydrogen-bond donors (Lipinski definition) is 1. The number of esters is 1. The Hall–Kier alpha value is -4.06. The summed E-state index contributed by atoms with van der Waals surface area (Å²) in [5.74, 6) is -3.25. The predicted octanol–water partition coefficient (Wildman–Crippen LogP) is 6.72. The van der Waals surface area contributed by atoms with Gasteiger partial charge in [0.2, 0.25) is 5.91 Å². The van der Waals surface area contributed by atoms with Crippen molar-refractivity contribution < 1.29 is 31.9 Å². The summed E-state index contributed by atoms with van der Waals surface area (Å²) in [6, 6.07) is 8.58. The number of ether oxygens (including phenoxy) is 1. The van der Waals surface area contributed by atoms with Crippen LogP contribution in [0, 0.1) is 45.3 Å². The number of rotatable bonds is 13. The molecule has 2 aromatic carbocycles. The van der Waals surface area contributed by atoms with Crippen molar-refractivity contribution in [1.29, 1.82) is 0 Å². The summed E-state index contributed by atoms with van der Waals surface area (Å²) < 4.78 is 61.2. The largest absolute Gasteiger partial charge is 0.466 e. The van der Waals surface area contributed by atoms with Crippen LogP contribution in [0.5, 0.6) is 0 Å². The molecule has 0 unspecified atom stereocenters. The Morgan fingerprint density at radius 1 is 1.02 bits per heavy atom. The van der Waals surface area contributed by atoms with E-state index < -0.39 is 47.4 Å². The first-order valence-corrected chi connectivity index (χ1v) is 16.7. The number of carbonyl (C=O) groups excluding carboxylic acids is 2. The van der Waals surface area contributed by atoms with Gasteiger partial charge < -0.3 is 15.0 Å². The third-order valence-electron chi connectivity index (χ3n) is 8.98. The van der Waals surface area contributed by atoms with Gasteiger partial charge in [0.1, 0.15) is 11.9 Å². The van der Waals surface area contributed by atoms with Crippen molar-refractivity contribution in [2.45, 2.75) is 86.0 Å². The molecule has 0 bridgehead atoms. The lowest BCUT2D eigenvalue weighted by atomic mass is 9.90. The van der Waals surface area contributed by atoms with E-state index in [0.29, 0.717) is 23.4 Å². The molecule has 0 radical (unpaired) electrons. The van der Waals surface area contributed by atoms with Crippen LogP contribution in [0.3, 0.4) is 0 Å². The van der Waals surface area contributed by atoms with Crippen LogP contribution in [0.25, 0.3) is 11.1 Å². The van der Waals surface area contributed by atoms with E-state index in [9.17, 15) is 27.6 Å². The highest BCUT2D eigenvalue weighted by Crippen LogP contribution is 2.35. The molecule has 12 heteroatoms. The number of likely N-dealkylation sites (tertiary alicyclic amines) is 1. The molecule has 49 heavy (non-hydrogen) atoms. The summed E-state index contributed by atoms with van der Waals surface area (Å²) in [6.07, 6.45) is -4.10. The Morgan fingerprint density at radius 2 is 1.67 bits per heavy atom. The minimum atomic E-state index is -4.23. The SMILES string of the molecule is CCOC(=O)C[C@H](NC(=O)[C@H](CC(C)C)n1nc(CCN2CC(C(F)(F)F)C2)cc(C)c1=O)c1cc(-c2c(C)cccc2C)cc(C)c1F. The molecule has 1 fully saturated rings. The van der Waals surface area contributed by atoms with E-state index >= 15 is 4.39 Å². The van der Waals surface area contributed by atoms with Crippen LogP contribution < -0.4 is 10.9 Å². The maximum Gasteiger partial charge on any atom is 0.394 e. The lowest BCUT2D eigenvalue weighted by molar-refractivity contribution is -0.208. The molecule has 4 rings (SSSR count). The summed E-state index contributed by atoms with van der Waals surface area (Å²) in [6.45, 7) is 12.8. The lowest BCUT2D eigenvalue weighted by Crippen LogP contribution is -2.53. The number of carbonyl (C=O) groups is 2. The van der Waals surface area contributed by atoms with Crippen LogP contribution in [0.2, 0.25) is 0 Å². The van der Waals surface area contributed by atoms with Crippen LogP contribution >= 0.6 is 0 Å². The third-order valence-corrected chi connectivity index (χ3v) is 8.98. The summed E-state index contributed by atoms with van der Waals surface area (Å²) in [7, 11) is 0. The fourth-order valence-corrected chi connectivity index (χ4v) is 6.39. The number of aryl methyl sites for hydroxylation is 4. The maximum atomic E-state index is 16.0. The average molecular weight is 687 g/mol. The number of benzene rings is 2. The van der Waals surface area contributed by atoms with Crippen molar-refractivity contribution in [1.82, 2.24) is 20.0 Å². The number of hydrogen-bond acceptors (Lipinski definition) is 6. The smallest absolute Gasteiger partial charge is 0.394 e. The molecule has 0 aliphatic carbocycles. The summed E-state index contributed by atoms with van der Waals surface area (Å²) in [5.41, 5.74) is 4.35. The number of amides is 1. The molecule has 0 saturated carbocycles. The van der Waals surface area contributed by atoms with Crippen molar-refractivity contribution in [3.8, 4) is 11.1 Å². The predicted molar refractivity (Wildman–Crippen MR) is 180 cm³/mol. The van der Waals surface area contributed by atoms with Gasteiger partial charge >= 0.3 is 12.1 Å². The van der Waals surface area contributed by atoms with E-state index in [-0.39, 0.29) is 50.4 Å². The van der Waals surface area contributed by atoms with E-state index in [4.69, 9.17) is 4.74 Å². The molecule has 1 aliphatic heterocycles. The zero-order valence-corrected chi connectivity index (χ0v) is 29.2. The van der Waals surface area contributed by atoms with Gasteiger partial charge in [-0.2, -0.15) is 18.3 Å². The van der Waals surface area contributed by atoms with E-state index in [1.54, 1.807) is 43.9 Å². The van der Waals surface area contributed by atoms with Crippen LogP contribution in [-0.4, -0.2) is 59.0 Å². The average Bonchev–Trinajstić information content (AvgIpc) is 2.97. The Kier molecular flexibility index (Phi) is 12.1. The molecule has 1 aromatic heterocycles. The molecule has 2 atom stereocenters. The Bertz CT molecular complexity index is 1710. The van der Waals surface area contributed by atoms with Crippen molar-refractivity contribution >= 4 is 11.9 Å². The van der Waals surface area contributed by atoms with Gasteiger partial charge in [0.25, 0.3) is 5.56 Å². The molecular formula is C37H46F4N4O4. The second-order valence-electron chi connectivity index (χ2n) is 13.5. The van der Waals surface area contributed by atoms with E-state index in [1.165, 1.54) is 0 Å². The highest BCUT2D eigenvalue weighted by Gasteiger charge is 2.46. The van der Waals surface area contributed by atoms with Gasteiger partial charge in [0.15, 0.2) is 0 Å². The fourth-order valence-electron chi connectivity index (χ4n) is 6.39. The topological polar surface area (TPSA) is 93.5 Å². The first kappa shape index (κ1) is 37.8. The van der Waals surface area contributed by atoms with Gasteiger partial charge in [-0.25, -0.2) is 9.07 Å². The first-order valence-electron chi connectivity index (χ1n) is 16.7. The van der Waals surface area contributed by atoms with Gasteiger partial charge in [-0.3, -0.25) is 14.4 Å². The maximum absolute atomic E-state index is 16.0. The Morgan fingerprint density at radius 3 is 2.27 bits per heavy atom. The first-order chi connectivity index (χ1) is 23.0. The van der Waals surface area contributed by atoms with Crippen molar-refractivity contribution in [2.24, 2.45) is 11.8 Å². The monoisotopic (exact) mass is 686 g/mol. The van der Waals surface area contributed by atoms with Crippen molar-refractivity contribution in [2.75, 3.05) is 26.2 Å². The van der Waals surface area contributed by atoms with Crippen molar-refractivity contribution in [3.05, 3.63) is 86.1 Å². The Balaban J connectivity index is 1.69. The van der Waals surface area contributed by atoms with E-state index in [2.05, 4.69) is 10.4 Å². The summed E-state index contributed by atoms with van der Waals surface area (Å²) in [4.78, 5) is 42.1. The number of nitrogens with one attached hydrogen (secondary N) is 1. The minimum Gasteiger partial charge on any atom is -0.466 e. The highest BCUT2D eigenvalue weighted by molar-refractivity contribution is 5.82. The van der Waals surface area contributed by atoms with Gasteiger partial charge in [-0.1, -0.05) is 32.0 Å². The van der Waals surface area contributed by atoms with Gasteiger partial charge in [0, 0.05) is 37.2 Å². The minimum absolute atomic E-state index is 0.0661. The lowest BCUT2D eigenvalue weighted by Gasteiger charge is -2.40. The van der Waals surface area contributed by atoms with Gasteiger partial charge in [-0.15, -0.1) is 0 Å². The molecule has 1 N–H and O–H groups in total. The van der Waals surface area contributed by atoms with Gasteiger partial charge in [-0.05, 0) is 93.0 Å². The number of halogens is 4. The number of aromatic nitrogens is 2. The second-order valence-corrected chi connectivity index (χ2v) is 13.5. The molecule has 2 heterocycles. The number of alkyl halides is 3. The van der Waals surface area contributed by atoms with Crippen LogP contribution in [0.4, 0.5) is 17.6 Å². The molecule has 3 aromatic rings. The Labute approximate surface area is 284 Å². The fraction of sp³-hybridized carbons (Fsp3) is 0.514. The van der Waals surface area contributed by atoms with Crippen LogP contribution in [0.15, 0.2) is 41.2 Å². The van der Waals surface area contributed by atoms with Crippen LogP contribution in [-0.2, 0) is 20.7 Å². The van der Waals surface area contributed by atoms with Gasteiger partial charge in [0.05, 0.1) is 30.7 Å². The zero-order valence-electron chi connectivity index (χ0n) is 29.2. The zero-order chi connectivity index (χ0) is 36.2.